The molecule has 15 heteroatoms. The number of carbonyl (C=O) groups is 5. The van der Waals surface area contributed by atoms with Gasteiger partial charge in [0.1, 0.15) is 6.04 Å². The summed E-state index contributed by atoms with van der Waals surface area (Å²) in [5, 5.41) is 32.6. The molecule has 0 unspecified atom stereocenters. The summed E-state index contributed by atoms with van der Waals surface area (Å²) in [6, 6.07) is -2.45. The van der Waals surface area contributed by atoms with Crippen molar-refractivity contribution < 1.29 is 39.3 Å². The van der Waals surface area contributed by atoms with Crippen molar-refractivity contribution in [1.82, 2.24) is 16.0 Å². The van der Waals surface area contributed by atoms with Crippen LogP contribution in [0.4, 0.5) is 0 Å². The molecule has 0 bridgehead atoms. The topological polar surface area (TPSA) is 208 Å². The predicted octanol–water partition coefficient (Wildman–Crippen LogP) is -3.11. The first kappa shape index (κ1) is 30.4. The second kappa shape index (κ2) is 16.9. The SMILES string of the molecule is CC(=O)N[C@@H](CS)C(=O)O.N[C@@H](CCC(=O)N[C@@H](CS)C(=O)NCC(=O)O)C(O)=[Se]. The maximum absolute atomic E-state index is 11.6. The molecule has 0 saturated heterocycles. The first-order valence-corrected chi connectivity index (χ1v) is 10.5. The standard InChI is InChI=1S/C10H17N3O5SSe.C5H9NO3S/c11-5(10(18)20)1-2-7(14)13-6(4-19)9(17)12-3-8(15)16;1-3(7)6-4(2-10)5(8)9/h5-6,19H,1-4,11H2,(H,12,17)(H,13,14)(H,15,16)(H,18,20);4,10H,2H2,1H3,(H,6,7)(H,8,9)/t5-,6-;4-/m00/s1. The first-order chi connectivity index (χ1) is 13.8. The van der Waals surface area contributed by atoms with Gasteiger partial charge in [0.25, 0.3) is 0 Å². The van der Waals surface area contributed by atoms with Crippen LogP contribution in [0, 0.1) is 0 Å². The molecule has 0 spiro atoms. The van der Waals surface area contributed by atoms with E-state index in [1.807, 2.05) is 0 Å². The molecule has 0 heterocycles. The van der Waals surface area contributed by atoms with Gasteiger partial charge in [-0.05, 0) is 0 Å². The van der Waals surface area contributed by atoms with Crippen LogP contribution in [-0.4, -0.2) is 101 Å². The van der Waals surface area contributed by atoms with Gasteiger partial charge in [0.05, 0.1) is 0 Å². The zero-order chi connectivity index (χ0) is 23.9. The van der Waals surface area contributed by atoms with Crippen LogP contribution in [0.5, 0.6) is 0 Å². The summed E-state index contributed by atoms with van der Waals surface area (Å²) in [5.41, 5.74) is 5.51. The number of aliphatic carboxylic acids is 2. The average molecular weight is 533 g/mol. The number of hydrogen-bond acceptors (Lipinski definition) is 9. The van der Waals surface area contributed by atoms with Crippen molar-refractivity contribution in [2.24, 2.45) is 5.73 Å². The number of thiol groups is 2. The number of aliphatic hydroxyl groups excluding tert-OH is 1. The summed E-state index contributed by atoms with van der Waals surface area (Å²) in [6.45, 7) is 0.734. The summed E-state index contributed by atoms with van der Waals surface area (Å²) < 4.78 is -0.0947. The average Bonchev–Trinajstić information content (AvgIpc) is 2.66. The third kappa shape index (κ3) is 16.0. The van der Waals surface area contributed by atoms with E-state index in [0.29, 0.717) is 0 Å². The molecule has 0 fully saturated rings. The molecule has 0 aliphatic carbocycles. The molecular weight excluding hydrogens is 507 g/mol. The Morgan fingerprint density at radius 3 is 1.87 bits per heavy atom. The Labute approximate surface area is 191 Å². The van der Waals surface area contributed by atoms with E-state index < -0.39 is 48.4 Å². The first-order valence-electron chi connectivity index (χ1n) is 8.34. The molecule has 0 radical (unpaired) electrons. The molecule has 8 N–H and O–H groups in total. The van der Waals surface area contributed by atoms with Crippen LogP contribution in [0.15, 0.2) is 0 Å². The van der Waals surface area contributed by atoms with Crippen molar-refractivity contribution in [2.45, 2.75) is 37.9 Å². The molecule has 3 atom stereocenters. The zero-order valence-electron chi connectivity index (χ0n) is 16.0. The number of aliphatic hydroxyl groups is 1. The van der Waals surface area contributed by atoms with E-state index in [-0.39, 0.29) is 34.9 Å². The number of nitrogens with two attached hydrogens (primary N) is 1. The monoisotopic (exact) mass is 534 g/mol. The Bertz CT molecular complexity index is 638. The molecule has 3 amide bonds. The predicted molar refractivity (Wildman–Crippen MR) is 115 cm³/mol. The third-order valence-electron chi connectivity index (χ3n) is 3.11. The normalized spacial score (nSPS) is 12.8. The second-order valence-electron chi connectivity index (χ2n) is 5.67. The molecule has 0 aliphatic heterocycles. The molecular formula is C15H26N4O8S2Se. The number of hydrogen-bond donors (Lipinski definition) is 9. The van der Waals surface area contributed by atoms with Gasteiger partial charge in [-0.1, -0.05) is 0 Å². The van der Waals surface area contributed by atoms with E-state index in [1.54, 1.807) is 0 Å². The van der Waals surface area contributed by atoms with Crippen LogP contribution in [0.25, 0.3) is 0 Å². The maximum atomic E-state index is 11.6. The Morgan fingerprint density at radius 2 is 1.53 bits per heavy atom. The van der Waals surface area contributed by atoms with E-state index in [4.69, 9.17) is 21.1 Å². The fraction of sp³-hybridized carbons (Fsp3) is 0.600. The van der Waals surface area contributed by atoms with Crippen LogP contribution in [0.3, 0.4) is 0 Å². The van der Waals surface area contributed by atoms with Crippen molar-refractivity contribution in [1.29, 1.82) is 0 Å². The van der Waals surface area contributed by atoms with Gasteiger partial charge in [0.2, 0.25) is 5.91 Å². The van der Waals surface area contributed by atoms with Gasteiger partial charge in [-0.3, -0.25) is 4.79 Å². The van der Waals surface area contributed by atoms with Gasteiger partial charge >= 0.3 is 135 Å². The minimum absolute atomic E-state index is 0.0173. The van der Waals surface area contributed by atoms with Crippen molar-refractivity contribution >= 4 is 75.1 Å². The third-order valence-corrected chi connectivity index (χ3v) is 4.47. The number of rotatable bonds is 12. The van der Waals surface area contributed by atoms with Crippen LogP contribution in [0.2, 0.25) is 0 Å². The number of carboxylic acid groups (broad SMARTS) is 2. The number of amides is 3. The molecule has 0 aromatic carbocycles. The molecule has 0 saturated carbocycles. The number of carboxylic acids is 2. The molecule has 172 valence electrons. The number of carbonyl (C=O) groups excluding carboxylic acids is 3. The number of nitrogens with one attached hydrogen (secondary N) is 3. The summed E-state index contributed by atoms with van der Waals surface area (Å²) in [5.74, 6) is -3.54. The summed E-state index contributed by atoms with van der Waals surface area (Å²) >= 11 is 10.00. The minimum atomic E-state index is -1.18. The van der Waals surface area contributed by atoms with Gasteiger partial charge in [0, 0.05) is 12.7 Å². The van der Waals surface area contributed by atoms with E-state index in [0.717, 1.165) is 0 Å². The molecule has 12 nitrogen and oxygen atoms in total. The fourth-order valence-electron chi connectivity index (χ4n) is 1.59. The molecule has 30 heavy (non-hydrogen) atoms. The van der Waals surface area contributed by atoms with E-state index in [1.165, 1.54) is 6.92 Å². The van der Waals surface area contributed by atoms with E-state index >= 15 is 0 Å². The zero-order valence-corrected chi connectivity index (χ0v) is 19.5. The van der Waals surface area contributed by atoms with Crippen molar-refractivity contribution in [3.8, 4) is 0 Å². The van der Waals surface area contributed by atoms with Gasteiger partial charge in [0.15, 0.2) is 0 Å². The van der Waals surface area contributed by atoms with E-state index in [2.05, 4.69) is 56.8 Å². The summed E-state index contributed by atoms with van der Waals surface area (Å²) in [7, 11) is 0. The summed E-state index contributed by atoms with van der Waals surface area (Å²) in [6.07, 6.45) is 0.226. The van der Waals surface area contributed by atoms with Gasteiger partial charge in [-0.2, -0.15) is 12.6 Å². The van der Waals surface area contributed by atoms with Gasteiger partial charge < -0.3 is 10.4 Å². The van der Waals surface area contributed by atoms with Crippen molar-refractivity contribution in [3.63, 3.8) is 0 Å². The Balaban J connectivity index is 0. The Morgan fingerprint density at radius 1 is 1.00 bits per heavy atom. The van der Waals surface area contributed by atoms with Crippen LogP contribution >= 0.6 is 25.3 Å². The van der Waals surface area contributed by atoms with Crippen LogP contribution < -0.4 is 21.7 Å². The van der Waals surface area contributed by atoms with Crippen LogP contribution in [0.1, 0.15) is 19.8 Å². The van der Waals surface area contributed by atoms with E-state index in [9.17, 15) is 24.0 Å². The van der Waals surface area contributed by atoms with Crippen LogP contribution in [-0.2, 0) is 24.0 Å². The molecule has 0 rings (SSSR count). The molecule has 0 aliphatic rings. The van der Waals surface area contributed by atoms with Crippen molar-refractivity contribution in [2.75, 3.05) is 18.1 Å². The quantitative estimate of drug-likeness (QED) is 0.0917. The van der Waals surface area contributed by atoms with Gasteiger partial charge in [-0.25, -0.2) is 4.79 Å². The Hall–Kier alpha value is -1.80. The molecule has 0 aromatic rings. The fourth-order valence-corrected chi connectivity index (χ4v) is 2.34. The molecule has 0 aromatic heterocycles. The Kier molecular flexibility index (Phi) is 17.2. The van der Waals surface area contributed by atoms with Gasteiger partial charge in [-0.15, -0.1) is 0 Å². The van der Waals surface area contributed by atoms with Crippen molar-refractivity contribution in [3.05, 3.63) is 0 Å². The second-order valence-corrected chi connectivity index (χ2v) is 7.28. The summed E-state index contributed by atoms with van der Waals surface area (Å²) in [4.78, 5) is 54.0.